The van der Waals surface area contributed by atoms with Gasteiger partial charge in [-0.2, -0.15) is 0 Å². The number of alkyl halides is 3. The molecule has 0 saturated heterocycles. The van der Waals surface area contributed by atoms with Gasteiger partial charge in [-0.1, -0.05) is 53.0 Å². The second-order valence-corrected chi connectivity index (χ2v) is 6.45. The van der Waals surface area contributed by atoms with E-state index in [1.54, 1.807) is 0 Å². The Bertz CT molecular complexity index is 465. The van der Waals surface area contributed by atoms with Crippen LogP contribution in [0.5, 0.6) is 0 Å². The van der Waals surface area contributed by atoms with Crippen molar-refractivity contribution in [1.82, 2.24) is 10.6 Å². The Morgan fingerprint density at radius 2 is 2.00 bits per heavy atom. The van der Waals surface area contributed by atoms with E-state index in [0.717, 1.165) is 11.3 Å². The van der Waals surface area contributed by atoms with Crippen LogP contribution in [0.15, 0.2) is 24.3 Å². The SMILES string of the molecule is Cc1ccccc1NC(=S)N[C@@H](NC=O)C(Cl)(Cl)Cl. The van der Waals surface area contributed by atoms with E-state index in [9.17, 15) is 4.79 Å². The van der Waals surface area contributed by atoms with Crippen LogP contribution in [0.1, 0.15) is 5.56 Å². The van der Waals surface area contributed by atoms with Gasteiger partial charge in [0.15, 0.2) is 5.11 Å². The zero-order chi connectivity index (χ0) is 14.5. The first-order valence-corrected chi connectivity index (χ1v) is 6.78. The summed E-state index contributed by atoms with van der Waals surface area (Å²) in [7, 11) is 0. The fraction of sp³-hybridized carbons (Fsp3) is 0.273. The molecule has 1 aromatic carbocycles. The molecular weight excluding hydrogens is 329 g/mol. The van der Waals surface area contributed by atoms with Gasteiger partial charge in [0.1, 0.15) is 6.17 Å². The summed E-state index contributed by atoms with van der Waals surface area (Å²) >= 11 is 22.2. The van der Waals surface area contributed by atoms with Crippen molar-refractivity contribution in [3.8, 4) is 0 Å². The standard InChI is InChI=1S/C11H12Cl3N3OS/c1-7-4-2-3-5-8(7)16-10(19)17-9(15-6-18)11(12,13)14/h2-6,9H,1H3,(H,15,18)(H2,16,17,19)/t9-/m1/s1. The number of thiocarbonyl (C=S) groups is 1. The van der Waals surface area contributed by atoms with E-state index in [2.05, 4.69) is 16.0 Å². The Hall–Kier alpha value is -0.750. The van der Waals surface area contributed by atoms with Gasteiger partial charge in [0, 0.05) is 5.69 Å². The van der Waals surface area contributed by atoms with Crippen molar-refractivity contribution in [3.05, 3.63) is 29.8 Å². The number of para-hydroxylation sites is 1. The number of aryl methyl sites for hydroxylation is 1. The first kappa shape index (κ1) is 16.3. The predicted molar refractivity (Wildman–Crippen MR) is 83.8 cm³/mol. The molecule has 1 atom stereocenters. The quantitative estimate of drug-likeness (QED) is 0.341. The van der Waals surface area contributed by atoms with Crippen LogP contribution in [-0.4, -0.2) is 21.5 Å². The van der Waals surface area contributed by atoms with E-state index in [-0.39, 0.29) is 5.11 Å². The molecule has 4 nitrogen and oxygen atoms in total. The normalized spacial score (nSPS) is 12.4. The molecule has 0 saturated carbocycles. The molecule has 0 bridgehead atoms. The summed E-state index contributed by atoms with van der Waals surface area (Å²) in [6, 6.07) is 7.57. The van der Waals surface area contributed by atoms with Crippen LogP contribution in [0.25, 0.3) is 0 Å². The van der Waals surface area contributed by atoms with E-state index >= 15 is 0 Å². The van der Waals surface area contributed by atoms with E-state index < -0.39 is 9.96 Å². The van der Waals surface area contributed by atoms with Crippen LogP contribution >= 0.6 is 47.0 Å². The van der Waals surface area contributed by atoms with Crippen LogP contribution in [-0.2, 0) is 4.79 Å². The highest BCUT2D eigenvalue weighted by molar-refractivity contribution is 7.80. The zero-order valence-corrected chi connectivity index (χ0v) is 13.0. The highest BCUT2D eigenvalue weighted by atomic mass is 35.6. The summed E-state index contributed by atoms with van der Waals surface area (Å²) in [4.78, 5) is 10.5. The van der Waals surface area contributed by atoms with Crippen LogP contribution in [0, 0.1) is 6.92 Å². The molecule has 0 heterocycles. The monoisotopic (exact) mass is 339 g/mol. The second kappa shape index (κ2) is 7.14. The third-order valence-corrected chi connectivity index (χ3v) is 3.11. The lowest BCUT2D eigenvalue weighted by Gasteiger charge is -2.26. The molecule has 19 heavy (non-hydrogen) atoms. The molecule has 3 N–H and O–H groups in total. The minimum absolute atomic E-state index is 0.236. The lowest BCUT2D eigenvalue weighted by molar-refractivity contribution is -0.110. The van der Waals surface area contributed by atoms with Crippen molar-refractivity contribution in [2.75, 3.05) is 5.32 Å². The van der Waals surface area contributed by atoms with Gasteiger partial charge in [0.2, 0.25) is 10.2 Å². The lowest BCUT2D eigenvalue weighted by Crippen LogP contribution is -2.54. The minimum Gasteiger partial charge on any atom is -0.339 e. The van der Waals surface area contributed by atoms with Gasteiger partial charge in [-0.15, -0.1) is 0 Å². The predicted octanol–water partition coefficient (Wildman–Crippen LogP) is 2.72. The summed E-state index contributed by atoms with van der Waals surface area (Å²) in [5.74, 6) is 0. The highest BCUT2D eigenvalue weighted by Gasteiger charge is 2.32. The Kier molecular flexibility index (Phi) is 6.13. The molecule has 0 aliphatic carbocycles. The second-order valence-electron chi connectivity index (χ2n) is 3.67. The van der Waals surface area contributed by atoms with Crippen LogP contribution in [0.2, 0.25) is 0 Å². The Labute approximate surface area is 131 Å². The Balaban J connectivity index is 2.68. The van der Waals surface area contributed by atoms with Crippen LogP contribution in [0.4, 0.5) is 5.69 Å². The van der Waals surface area contributed by atoms with Crippen molar-refractivity contribution in [3.63, 3.8) is 0 Å². The van der Waals surface area contributed by atoms with Gasteiger partial charge in [0.05, 0.1) is 0 Å². The molecule has 104 valence electrons. The summed E-state index contributed by atoms with van der Waals surface area (Å²) in [6.45, 7) is 1.93. The number of amides is 1. The fourth-order valence-corrected chi connectivity index (χ4v) is 1.87. The van der Waals surface area contributed by atoms with E-state index in [0.29, 0.717) is 6.41 Å². The number of anilines is 1. The average molecular weight is 341 g/mol. The minimum atomic E-state index is -1.72. The number of benzene rings is 1. The number of hydrogen-bond acceptors (Lipinski definition) is 2. The van der Waals surface area contributed by atoms with Crippen molar-refractivity contribution < 1.29 is 4.79 Å². The molecule has 1 amide bonds. The number of rotatable bonds is 4. The van der Waals surface area contributed by atoms with Crippen LogP contribution < -0.4 is 16.0 Å². The van der Waals surface area contributed by atoms with E-state index in [1.807, 2.05) is 31.2 Å². The average Bonchev–Trinajstić information content (AvgIpc) is 2.30. The molecule has 1 rings (SSSR count). The van der Waals surface area contributed by atoms with E-state index in [4.69, 9.17) is 47.0 Å². The van der Waals surface area contributed by atoms with Crippen molar-refractivity contribution >= 4 is 64.2 Å². The molecule has 0 aliphatic rings. The van der Waals surface area contributed by atoms with Gasteiger partial charge >= 0.3 is 0 Å². The lowest BCUT2D eigenvalue weighted by atomic mass is 10.2. The maximum Gasteiger partial charge on any atom is 0.228 e. The summed E-state index contributed by atoms with van der Waals surface area (Å²) in [5.41, 5.74) is 1.84. The van der Waals surface area contributed by atoms with E-state index in [1.165, 1.54) is 0 Å². The van der Waals surface area contributed by atoms with Gasteiger partial charge in [-0.25, -0.2) is 0 Å². The first-order valence-electron chi connectivity index (χ1n) is 5.24. The molecule has 0 aliphatic heterocycles. The molecule has 0 aromatic heterocycles. The summed E-state index contributed by atoms with van der Waals surface area (Å²) in [6.07, 6.45) is -0.505. The van der Waals surface area contributed by atoms with Gasteiger partial charge in [0.25, 0.3) is 0 Å². The number of nitrogens with one attached hydrogen (secondary N) is 3. The summed E-state index contributed by atoms with van der Waals surface area (Å²) < 4.78 is -1.72. The van der Waals surface area contributed by atoms with Crippen molar-refractivity contribution in [2.24, 2.45) is 0 Å². The molecule has 8 heteroatoms. The zero-order valence-electron chi connectivity index (χ0n) is 9.91. The van der Waals surface area contributed by atoms with Gasteiger partial charge < -0.3 is 16.0 Å². The van der Waals surface area contributed by atoms with Crippen molar-refractivity contribution in [1.29, 1.82) is 0 Å². The maximum absolute atomic E-state index is 10.5. The smallest absolute Gasteiger partial charge is 0.228 e. The molecule has 0 spiro atoms. The van der Waals surface area contributed by atoms with Gasteiger partial charge in [-0.05, 0) is 30.8 Å². The first-order chi connectivity index (χ1) is 8.84. The van der Waals surface area contributed by atoms with Crippen LogP contribution in [0.3, 0.4) is 0 Å². The molecule has 1 aromatic rings. The van der Waals surface area contributed by atoms with Crippen molar-refractivity contribution in [2.45, 2.75) is 16.9 Å². The number of carbonyl (C=O) groups excluding carboxylic acids is 1. The third kappa shape index (κ3) is 5.40. The summed E-state index contributed by atoms with van der Waals surface area (Å²) in [5, 5.41) is 8.25. The number of carbonyl (C=O) groups is 1. The molecular formula is C11H12Cl3N3OS. The largest absolute Gasteiger partial charge is 0.339 e. The Morgan fingerprint density at radius 1 is 1.37 bits per heavy atom. The number of hydrogen-bond donors (Lipinski definition) is 3. The topological polar surface area (TPSA) is 53.2 Å². The maximum atomic E-state index is 10.5. The number of halogens is 3. The molecule has 0 radical (unpaired) electrons. The Morgan fingerprint density at radius 3 is 2.53 bits per heavy atom. The fourth-order valence-electron chi connectivity index (χ4n) is 1.29. The third-order valence-electron chi connectivity index (χ3n) is 2.23. The molecule has 0 unspecified atom stereocenters. The highest BCUT2D eigenvalue weighted by Crippen LogP contribution is 2.28. The molecule has 0 fully saturated rings. The van der Waals surface area contributed by atoms with Gasteiger partial charge in [-0.3, -0.25) is 4.79 Å².